The first-order valence-corrected chi connectivity index (χ1v) is 7.19. The lowest BCUT2D eigenvalue weighted by Crippen LogP contribution is -2.06. The van der Waals surface area contributed by atoms with Crippen LogP contribution >= 0.6 is 0 Å². The minimum Gasteiger partial charge on any atom is -0.493 e. The molecule has 2 aromatic carbocycles. The smallest absolute Gasteiger partial charge is 0.416 e. The van der Waals surface area contributed by atoms with Crippen molar-refractivity contribution in [2.75, 3.05) is 12.0 Å². The minimum absolute atomic E-state index is 0.150. The molecule has 0 aliphatic heterocycles. The summed E-state index contributed by atoms with van der Waals surface area (Å²) in [5, 5.41) is 14.8. The average Bonchev–Trinajstić information content (AvgIpc) is 2.55. The molecule has 0 aliphatic carbocycles. The van der Waals surface area contributed by atoms with Gasteiger partial charge in [0.1, 0.15) is 11.4 Å². The summed E-state index contributed by atoms with van der Waals surface area (Å²) < 4.78 is 43.4. The number of nitro groups is 1. The van der Waals surface area contributed by atoms with E-state index in [1.54, 1.807) is 24.3 Å². The molecule has 0 fully saturated rings. The van der Waals surface area contributed by atoms with Crippen molar-refractivity contribution in [3.8, 4) is 5.75 Å². The van der Waals surface area contributed by atoms with Crippen molar-refractivity contribution in [1.82, 2.24) is 0 Å². The Morgan fingerprint density at radius 1 is 1.28 bits per heavy atom. The Bertz CT molecular complexity index is 792. The summed E-state index contributed by atoms with van der Waals surface area (Å²) in [5.41, 5.74) is 1.04. The van der Waals surface area contributed by atoms with Crippen molar-refractivity contribution in [3.05, 3.63) is 63.7 Å². The van der Waals surface area contributed by atoms with E-state index in [-0.39, 0.29) is 5.69 Å². The Labute approximate surface area is 141 Å². The maximum absolute atomic E-state index is 12.7. The molecule has 9 heteroatoms. The molecule has 0 heterocycles. The molecule has 0 saturated carbocycles. The highest BCUT2D eigenvalue weighted by atomic mass is 19.4. The first-order chi connectivity index (χ1) is 11.8. The van der Waals surface area contributed by atoms with Gasteiger partial charge in [0.05, 0.1) is 23.3 Å². The summed E-state index contributed by atoms with van der Waals surface area (Å²) in [5.74, 6) is 0.567. The van der Waals surface area contributed by atoms with Crippen molar-refractivity contribution in [2.24, 2.45) is 5.10 Å². The fourth-order valence-electron chi connectivity index (χ4n) is 2.00. The summed E-state index contributed by atoms with van der Waals surface area (Å²) >= 11 is 0. The molecule has 0 amide bonds. The predicted molar refractivity (Wildman–Crippen MR) is 86.9 cm³/mol. The zero-order valence-corrected chi connectivity index (χ0v) is 13.1. The van der Waals surface area contributed by atoms with Gasteiger partial charge >= 0.3 is 6.18 Å². The summed E-state index contributed by atoms with van der Waals surface area (Å²) in [7, 11) is 0. The van der Waals surface area contributed by atoms with E-state index in [9.17, 15) is 23.3 Å². The molecule has 0 aliphatic rings. The second kappa shape index (κ2) is 7.65. The standard InChI is InChI=1S/C16H14F3N3O3/c1-2-25-15-6-4-3-5-11(15)10-20-21-13-8-7-12(16(17,18)19)9-14(13)22(23)24/h3-10,21H,2H2,1H3. The van der Waals surface area contributed by atoms with Gasteiger partial charge in [-0.1, -0.05) is 12.1 Å². The van der Waals surface area contributed by atoms with Crippen LogP contribution in [0.15, 0.2) is 47.6 Å². The molecule has 25 heavy (non-hydrogen) atoms. The topological polar surface area (TPSA) is 76.8 Å². The monoisotopic (exact) mass is 353 g/mol. The fraction of sp³-hybridized carbons (Fsp3) is 0.188. The summed E-state index contributed by atoms with van der Waals surface area (Å²) in [6.07, 6.45) is -3.30. The van der Waals surface area contributed by atoms with E-state index in [0.29, 0.717) is 24.0 Å². The van der Waals surface area contributed by atoms with Crippen LogP contribution in [-0.4, -0.2) is 17.7 Å². The number of nitrogens with one attached hydrogen (secondary N) is 1. The highest BCUT2D eigenvalue weighted by Crippen LogP contribution is 2.34. The number of ether oxygens (including phenoxy) is 1. The van der Waals surface area contributed by atoms with Gasteiger partial charge in [-0.15, -0.1) is 0 Å². The normalized spacial score (nSPS) is 11.5. The number of alkyl halides is 3. The fourth-order valence-corrected chi connectivity index (χ4v) is 2.00. The molecule has 0 spiro atoms. The van der Waals surface area contributed by atoms with Crippen LogP contribution in [0.3, 0.4) is 0 Å². The van der Waals surface area contributed by atoms with Crippen LogP contribution in [0.2, 0.25) is 0 Å². The number of halogens is 3. The lowest BCUT2D eigenvalue weighted by molar-refractivity contribution is -0.384. The van der Waals surface area contributed by atoms with Crippen molar-refractivity contribution >= 4 is 17.6 Å². The van der Waals surface area contributed by atoms with Crippen LogP contribution < -0.4 is 10.2 Å². The Kier molecular flexibility index (Phi) is 5.58. The van der Waals surface area contributed by atoms with Gasteiger partial charge in [-0.05, 0) is 31.2 Å². The zero-order chi connectivity index (χ0) is 18.4. The Morgan fingerprint density at radius 3 is 2.64 bits per heavy atom. The van der Waals surface area contributed by atoms with E-state index in [1.165, 1.54) is 6.21 Å². The number of nitro benzene ring substituents is 1. The van der Waals surface area contributed by atoms with E-state index >= 15 is 0 Å². The number of hydrogen-bond acceptors (Lipinski definition) is 5. The van der Waals surface area contributed by atoms with Gasteiger partial charge in [0, 0.05) is 11.6 Å². The minimum atomic E-state index is -4.66. The van der Waals surface area contributed by atoms with Crippen LogP contribution in [-0.2, 0) is 6.18 Å². The third-order valence-corrected chi connectivity index (χ3v) is 3.13. The highest BCUT2D eigenvalue weighted by Gasteiger charge is 2.33. The van der Waals surface area contributed by atoms with Crippen molar-refractivity contribution in [2.45, 2.75) is 13.1 Å². The van der Waals surface area contributed by atoms with E-state index in [1.807, 2.05) is 6.92 Å². The summed E-state index contributed by atoms with van der Waals surface area (Å²) in [4.78, 5) is 10.1. The largest absolute Gasteiger partial charge is 0.493 e. The third-order valence-electron chi connectivity index (χ3n) is 3.13. The lowest BCUT2D eigenvalue weighted by atomic mass is 10.1. The quantitative estimate of drug-likeness (QED) is 0.473. The zero-order valence-electron chi connectivity index (χ0n) is 13.1. The van der Waals surface area contributed by atoms with Gasteiger partial charge in [0.2, 0.25) is 0 Å². The number of para-hydroxylation sites is 1. The molecule has 132 valence electrons. The SMILES string of the molecule is CCOc1ccccc1C=NNc1ccc(C(F)(F)F)cc1[N+](=O)[O-]. The maximum Gasteiger partial charge on any atom is 0.416 e. The molecule has 0 bridgehead atoms. The molecular formula is C16H14F3N3O3. The van der Waals surface area contributed by atoms with Crippen LogP contribution in [0, 0.1) is 10.1 Å². The lowest BCUT2D eigenvalue weighted by Gasteiger charge is -2.08. The number of benzene rings is 2. The van der Waals surface area contributed by atoms with Crippen LogP contribution in [0.5, 0.6) is 5.75 Å². The van der Waals surface area contributed by atoms with Crippen LogP contribution in [0.25, 0.3) is 0 Å². The molecular weight excluding hydrogens is 339 g/mol. The van der Waals surface area contributed by atoms with Crippen molar-refractivity contribution < 1.29 is 22.8 Å². The predicted octanol–water partition coefficient (Wildman–Crippen LogP) is 4.46. The second-order valence-corrected chi connectivity index (χ2v) is 4.83. The number of hydrogen-bond donors (Lipinski definition) is 1. The summed E-state index contributed by atoms with van der Waals surface area (Å²) in [6.45, 7) is 2.26. The Balaban J connectivity index is 2.25. The number of rotatable bonds is 6. The number of nitrogens with zero attached hydrogens (tertiary/aromatic N) is 2. The van der Waals surface area contributed by atoms with Crippen molar-refractivity contribution in [1.29, 1.82) is 0 Å². The van der Waals surface area contributed by atoms with Gasteiger partial charge in [0.25, 0.3) is 5.69 Å². The van der Waals surface area contributed by atoms with E-state index in [0.717, 1.165) is 12.1 Å². The van der Waals surface area contributed by atoms with Gasteiger partial charge in [0.15, 0.2) is 0 Å². The molecule has 2 aromatic rings. The first-order valence-electron chi connectivity index (χ1n) is 7.19. The molecule has 0 radical (unpaired) electrons. The molecule has 0 unspecified atom stereocenters. The molecule has 1 N–H and O–H groups in total. The van der Waals surface area contributed by atoms with Gasteiger partial charge in [-0.3, -0.25) is 15.5 Å². The first kappa shape index (κ1) is 18.2. The van der Waals surface area contributed by atoms with Crippen molar-refractivity contribution in [3.63, 3.8) is 0 Å². The van der Waals surface area contributed by atoms with Gasteiger partial charge in [-0.2, -0.15) is 18.3 Å². The second-order valence-electron chi connectivity index (χ2n) is 4.83. The Hall–Kier alpha value is -3.10. The average molecular weight is 353 g/mol. The third kappa shape index (κ3) is 4.69. The number of hydrazone groups is 1. The number of anilines is 1. The van der Waals surface area contributed by atoms with E-state index < -0.39 is 22.4 Å². The Morgan fingerprint density at radius 2 is 2.00 bits per heavy atom. The van der Waals surface area contributed by atoms with Gasteiger partial charge in [-0.25, -0.2) is 0 Å². The highest BCUT2D eigenvalue weighted by molar-refractivity contribution is 5.84. The molecule has 0 saturated heterocycles. The maximum atomic E-state index is 12.7. The molecule has 2 rings (SSSR count). The van der Waals surface area contributed by atoms with Crippen LogP contribution in [0.1, 0.15) is 18.1 Å². The van der Waals surface area contributed by atoms with Gasteiger partial charge < -0.3 is 4.74 Å². The molecule has 6 nitrogen and oxygen atoms in total. The van der Waals surface area contributed by atoms with E-state index in [4.69, 9.17) is 4.74 Å². The van der Waals surface area contributed by atoms with Crippen LogP contribution in [0.4, 0.5) is 24.5 Å². The molecule has 0 atom stereocenters. The van der Waals surface area contributed by atoms with E-state index in [2.05, 4.69) is 10.5 Å². The molecule has 0 aromatic heterocycles. The summed E-state index contributed by atoms with van der Waals surface area (Å²) in [6, 6.07) is 9.15.